The van der Waals surface area contributed by atoms with Gasteiger partial charge in [-0.25, -0.2) is 0 Å². The third kappa shape index (κ3) is 2.59. The summed E-state index contributed by atoms with van der Waals surface area (Å²) in [6.07, 6.45) is 0. The highest BCUT2D eigenvalue weighted by molar-refractivity contribution is 9.10. The molecule has 0 aromatic heterocycles. The summed E-state index contributed by atoms with van der Waals surface area (Å²) in [6.45, 7) is 1.96. The van der Waals surface area contributed by atoms with Crippen molar-refractivity contribution in [1.29, 1.82) is 0 Å². The molecule has 86 valence electrons. The molecule has 0 aliphatic rings. The molecule has 17 heavy (non-hydrogen) atoms. The second-order valence-electron chi connectivity index (χ2n) is 3.77. The van der Waals surface area contributed by atoms with Crippen LogP contribution in [0.5, 0.6) is 0 Å². The van der Waals surface area contributed by atoms with E-state index in [0.717, 1.165) is 10.0 Å². The molecular formula is C14H10BrClO. The zero-order chi connectivity index (χ0) is 12.4. The first-order chi connectivity index (χ1) is 8.09. The molecule has 0 fully saturated rings. The van der Waals surface area contributed by atoms with Gasteiger partial charge in [-0.3, -0.25) is 4.79 Å². The smallest absolute Gasteiger partial charge is 0.194 e. The maximum absolute atomic E-state index is 12.3. The van der Waals surface area contributed by atoms with Crippen molar-refractivity contribution in [2.45, 2.75) is 6.92 Å². The fraction of sp³-hybridized carbons (Fsp3) is 0.0714. The number of hydrogen-bond acceptors (Lipinski definition) is 1. The summed E-state index contributed by atoms with van der Waals surface area (Å²) in [4.78, 5) is 12.3. The van der Waals surface area contributed by atoms with Gasteiger partial charge in [-0.1, -0.05) is 23.7 Å². The normalized spacial score (nSPS) is 10.3. The topological polar surface area (TPSA) is 17.1 Å². The molecule has 0 saturated carbocycles. The summed E-state index contributed by atoms with van der Waals surface area (Å²) in [5.41, 5.74) is 2.36. The molecule has 1 nitrogen and oxygen atoms in total. The SMILES string of the molecule is Cc1cccc(C(=O)c2ccc(Cl)cc2)c1Br. The van der Waals surface area contributed by atoms with E-state index in [4.69, 9.17) is 11.6 Å². The van der Waals surface area contributed by atoms with Gasteiger partial charge in [0.1, 0.15) is 0 Å². The lowest BCUT2D eigenvalue weighted by molar-refractivity contribution is 0.103. The molecule has 0 N–H and O–H groups in total. The minimum atomic E-state index is -0.00255. The van der Waals surface area contributed by atoms with Gasteiger partial charge in [0.05, 0.1) is 0 Å². The summed E-state index contributed by atoms with van der Waals surface area (Å²) in [7, 11) is 0. The van der Waals surface area contributed by atoms with Crippen LogP contribution >= 0.6 is 27.5 Å². The summed E-state index contributed by atoms with van der Waals surface area (Å²) in [5, 5.41) is 0.629. The molecule has 2 aromatic rings. The predicted octanol–water partition coefficient (Wildman–Crippen LogP) is 4.64. The van der Waals surface area contributed by atoms with E-state index >= 15 is 0 Å². The molecule has 0 saturated heterocycles. The Bertz CT molecular complexity index is 561. The molecule has 0 spiro atoms. The largest absolute Gasteiger partial charge is 0.289 e. The monoisotopic (exact) mass is 308 g/mol. The third-order valence-electron chi connectivity index (χ3n) is 2.54. The van der Waals surface area contributed by atoms with Crippen LogP contribution in [0.4, 0.5) is 0 Å². The van der Waals surface area contributed by atoms with Gasteiger partial charge in [-0.05, 0) is 58.7 Å². The number of hydrogen-bond donors (Lipinski definition) is 0. The van der Waals surface area contributed by atoms with Crippen molar-refractivity contribution < 1.29 is 4.79 Å². The van der Waals surface area contributed by atoms with Gasteiger partial charge >= 0.3 is 0 Å². The van der Waals surface area contributed by atoms with Gasteiger partial charge in [-0.2, -0.15) is 0 Å². The lowest BCUT2D eigenvalue weighted by atomic mass is 10.0. The first-order valence-electron chi connectivity index (χ1n) is 5.15. The van der Waals surface area contributed by atoms with Crippen LogP contribution in [0.2, 0.25) is 5.02 Å². The van der Waals surface area contributed by atoms with Gasteiger partial charge < -0.3 is 0 Å². The van der Waals surface area contributed by atoms with Crippen LogP contribution in [0, 0.1) is 6.92 Å². The number of aryl methyl sites for hydroxylation is 1. The standard InChI is InChI=1S/C14H10BrClO/c1-9-3-2-4-12(13(9)15)14(17)10-5-7-11(16)8-6-10/h2-8H,1H3. The number of rotatable bonds is 2. The highest BCUT2D eigenvalue weighted by Crippen LogP contribution is 2.24. The maximum atomic E-state index is 12.3. The van der Waals surface area contributed by atoms with Crippen LogP contribution in [0.1, 0.15) is 21.5 Å². The highest BCUT2D eigenvalue weighted by Gasteiger charge is 2.13. The van der Waals surface area contributed by atoms with Crippen molar-refractivity contribution in [2.24, 2.45) is 0 Å². The molecule has 0 atom stereocenters. The predicted molar refractivity (Wildman–Crippen MR) is 73.8 cm³/mol. The first-order valence-corrected chi connectivity index (χ1v) is 6.32. The van der Waals surface area contributed by atoms with E-state index in [1.165, 1.54) is 0 Å². The lowest BCUT2D eigenvalue weighted by Crippen LogP contribution is -2.02. The van der Waals surface area contributed by atoms with Crippen molar-refractivity contribution >= 4 is 33.3 Å². The zero-order valence-corrected chi connectivity index (χ0v) is 11.5. The van der Waals surface area contributed by atoms with Crippen LogP contribution < -0.4 is 0 Å². The minimum Gasteiger partial charge on any atom is -0.289 e. The van der Waals surface area contributed by atoms with E-state index in [-0.39, 0.29) is 5.78 Å². The molecule has 3 heteroatoms. The average Bonchev–Trinajstić information content (AvgIpc) is 2.33. The fourth-order valence-corrected chi connectivity index (χ4v) is 2.15. The molecule has 0 heterocycles. The number of carbonyl (C=O) groups is 1. The van der Waals surface area contributed by atoms with Crippen molar-refractivity contribution in [3.05, 3.63) is 68.7 Å². The summed E-state index contributed by atoms with van der Waals surface area (Å²) < 4.78 is 0.847. The minimum absolute atomic E-state index is 0.00255. The van der Waals surface area contributed by atoms with Crippen LogP contribution in [0.3, 0.4) is 0 Å². The summed E-state index contributed by atoms with van der Waals surface area (Å²) in [6, 6.07) is 12.6. The third-order valence-corrected chi connectivity index (χ3v) is 3.85. The molecule has 0 unspecified atom stereocenters. The highest BCUT2D eigenvalue weighted by atomic mass is 79.9. The van der Waals surface area contributed by atoms with Crippen molar-refractivity contribution in [3.63, 3.8) is 0 Å². The Morgan fingerprint density at radius 2 is 1.76 bits per heavy atom. The Labute approximate surface area is 114 Å². The van der Waals surface area contributed by atoms with E-state index in [1.54, 1.807) is 24.3 Å². The lowest BCUT2D eigenvalue weighted by Gasteiger charge is -2.06. The second kappa shape index (κ2) is 5.03. The molecule has 0 radical (unpaired) electrons. The van der Waals surface area contributed by atoms with E-state index in [2.05, 4.69) is 15.9 Å². The number of halogens is 2. The number of benzene rings is 2. The van der Waals surface area contributed by atoms with E-state index < -0.39 is 0 Å². The zero-order valence-electron chi connectivity index (χ0n) is 9.21. The molecule has 0 aliphatic heterocycles. The molecular weight excluding hydrogens is 300 g/mol. The van der Waals surface area contributed by atoms with Gasteiger partial charge in [0.2, 0.25) is 0 Å². The van der Waals surface area contributed by atoms with Crippen molar-refractivity contribution in [1.82, 2.24) is 0 Å². The van der Waals surface area contributed by atoms with Gasteiger partial charge in [0, 0.05) is 20.6 Å². The number of ketones is 1. The van der Waals surface area contributed by atoms with Crippen LogP contribution in [0.25, 0.3) is 0 Å². The van der Waals surface area contributed by atoms with Crippen molar-refractivity contribution in [2.75, 3.05) is 0 Å². The number of carbonyl (C=O) groups excluding carboxylic acids is 1. The molecule has 0 bridgehead atoms. The van der Waals surface area contributed by atoms with Crippen LogP contribution in [0.15, 0.2) is 46.9 Å². The first kappa shape index (κ1) is 12.3. The maximum Gasteiger partial charge on any atom is 0.194 e. The van der Waals surface area contributed by atoms with Crippen LogP contribution in [-0.2, 0) is 0 Å². The molecule has 2 rings (SSSR count). The Morgan fingerprint density at radius 1 is 1.12 bits per heavy atom. The molecule has 0 aliphatic carbocycles. The Balaban J connectivity index is 2.44. The molecule has 2 aromatic carbocycles. The second-order valence-corrected chi connectivity index (χ2v) is 5.00. The Kier molecular flexibility index (Phi) is 3.65. The van der Waals surface area contributed by atoms with E-state index in [0.29, 0.717) is 16.1 Å². The molecule has 0 amide bonds. The Morgan fingerprint density at radius 3 is 2.41 bits per heavy atom. The summed E-state index contributed by atoms with van der Waals surface area (Å²) >= 11 is 9.24. The average molecular weight is 310 g/mol. The fourth-order valence-electron chi connectivity index (χ4n) is 1.58. The van der Waals surface area contributed by atoms with Gasteiger partial charge in [0.25, 0.3) is 0 Å². The van der Waals surface area contributed by atoms with Gasteiger partial charge in [-0.15, -0.1) is 0 Å². The summed E-state index contributed by atoms with van der Waals surface area (Å²) in [5.74, 6) is -0.00255. The van der Waals surface area contributed by atoms with Crippen molar-refractivity contribution in [3.8, 4) is 0 Å². The van der Waals surface area contributed by atoms with Gasteiger partial charge in [0.15, 0.2) is 5.78 Å². The Hall–Kier alpha value is -1.12. The van der Waals surface area contributed by atoms with E-state index in [1.807, 2.05) is 25.1 Å². The van der Waals surface area contributed by atoms with E-state index in [9.17, 15) is 4.79 Å². The van der Waals surface area contributed by atoms with Crippen LogP contribution in [-0.4, -0.2) is 5.78 Å². The quantitative estimate of drug-likeness (QED) is 0.738.